The maximum absolute atomic E-state index is 13.5. The van der Waals surface area contributed by atoms with Crippen molar-refractivity contribution in [1.29, 1.82) is 0 Å². The zero-order chi connectivity index (χ0) is 21.7. The smallest absolute Gasteiger partial charge is 0.327 e. The minimum absolute atomic E-state index is 0.0618. The number of fused-ring (bicyclic) bond motifs is 3. The predicted octanol–water partition coefficient (Wildman–Crippen LogP) is 2.58. The summed E-state index contributed by atoms with van der Waals surface area (Å²) in [6.45, 7) is 12.9. The van der Waals surface area contributed by atoms with Crippen LogP contribution in [-0.4, -0.2) is 71.8 Å². The number of amides is 3. The summed E-state index contributed by atoms with van der Waals surface area (Å²) in [5.74, 6) is 0.800. The molecule has 1 aromatic carbocycles. The SMILES string of the molecule is Cc1cc(C)cc(N2CC(C)CN3C4C(=O)N(CCC(C)C)C(=O)N(C)C4NC23)c1. The molecule has 7 nitrogen and oxygen atoms in total. The number of likely N-dealkylation sites (N-methyl/N-ethyl adjacent to an activating group) is 1. The fourth-order valence-electron chi connectivity index (χ4n) is 5.13. The van der Waals surface area contributed by atoms with E-state index in [2.05, 4.69) is 67.9 Å². The molecule has 0 spiro atoms. The van der Waals surface area contributed by atoms with Crippen LogP contribution < -0.4 is 10.2 Å². The summed E-state index contributed by atoms with van der Waals surface area (Å²) in [5.41, 5.74) is 3.63. The van der Waals surface area contributed by atoms with Crippen LogP contribution in [-0.2, 0) is 4.79 Å². The Morgan fingerprint density at radius 1 is 1.10 bits per heavy atom. The summed E-state index contributed by atoms with van der Waals surface area (Å²) in [7, 11) is 1.81. The van der Waals surface area contributed by atoms with Gasteiger partial charge >= 0.3 is 6.03 Å². The van der Waals surface area contributed by atoms with Gasteiger partial charge in [-0.25, -0.2) is 4.79 Å². The van der Waals surface area contributed by atoms with Crippen molar-refractivity contribution in [3.63, 3.8) is 0 Å². The van der Waals surface area contributed by atoms with E-state index < -0.39 is 0 Å². The van der Waals surface area contributed by atoms with Gasteiger partial charge < -0.3 is 9.80 Å². The number of hydrogen-bond acceptors (Lipinski definition) is 5. The van der Waals surface area contributed by atoms with E-state index in [4.69, 9.17) is 0 Å². The Kier molecular flexibility index (Phi) is 5.53. The fraction of sp³-hybridized carbons (Fsp3) is 0.652. The Morgan fingerprint density at radius 3 is 2.40 bits per heavy atom. The number of rotatable bonds is 4. The third-order valence-electron chi connectivity index (χ3n) is 6.55. The topological polar surface area (TPSA) is 59.1 Å². The fourth-order valence-corrected chi connectivity index (χ4v) is 5.13. The standard InChI is InChI=1S/C23H35N5O2/c1-14(2)7-8-26-21(29)19-20(25(6)23(26)30)24-22-27(12-17(5)13-28(19)22)18-10-15(3)9-16(4)11-18/h9-11,14,17,19-20,22,24H,7-8,12-13H2,1-6H3. The van der Waals surface area contributed by atoms with Gasteiger partial charge in [-0.2, -0.15) is 0 Å². The van der Waals surface area contributed by atoms with E-state index in [9.17, 15) is 9.59 Å². The highest BCUT2D eigenvalue weighted by atomic mass is 16.2. The summed E-state index contributed by atoms with van der Waals surface area (Å²) >= 11 is 0. The van der Waals surface area contributed by atoms with Crippen molar-refractivity contribution < 1.29 is 9.59 Å². The molecule has 0 saturated carbocycles. The summed E-state index contributed by atoms with van der Waals surface area (Å²) in [4.78, 5) is 34.2. The second-order valence-corrected chi connectivity index (χ2v) is 9.80. The number of aryl methyl sites for hydroxylation is 2. The van der Waals surface area contributed by atoms with Crippen LogP contribution in [0.4, 0.5) is 10.5 Å². The highest BCUT2D eigenvalue weighted by molar-refractivity contribution is 6.00. The molecule has 3 amide bonds. The maximum atomic E-state index is 13.5. The lowest BCUT2D eigenvalue weighted by molar-refractivity contribution is -0.139. The van der Waals surface area contributed by atoms with Crippen LogP contribution in [0.15, 0.2) is 18.2 Å². The molecule has 3 saturated heterocycles. The van der Waals surface area contributed by atoms with E-state index in [1.165, 1.54) is 21.7 Å². The molecule has 4 unspecified atom stereocenters. The number of nitrogens with zero attached hydrogens (tertiary/aromatic N) is 4. The molecule has 0 aliphatic carbocycles. The van der Waals surface area contributed by atoms with Crippen molar-refractivity contribution in [1.82, 2.24) is 20.0 Å². The summed E-state index contributed by atoms with van der Waals surface area (Å²) in [6.07, 6.45) is 0.427. The molecule has 3 aliphatic heterocycles. The Labute approximate surface area is 180 Å². The van der Waals surface area contributed by atoms with Crippen LogP contribution in [0.5, 0.6) is 0 Å². The molecule has 0 bridgehead atoms. The lowest BCUT2D eigenvalue weighted by Gasteiger charge is -2.46. The molecule has 164 valence electrons. The summed E-state index contributed by atoms with van der Waals surface area (Å²) < 4.78 is 0. The number of carbonyl (C=O) groups is 2. The van der Waals surface area contributed by atoms with Crippen LogP contribution in [0.3, 0.4) is 0 Å². The van der Waals surface area contributed by atoms with Crippen molar-refractivity contribution in [3.8, 4) is 0 Å². The van der Waals surface area contributed by atoms with Crippen molar-refractivity contribution >= 4 is 17.6 Å². The van der Waals surface area contributed by atoms with Crippen LogP contribution in [0.1, 0.15) is 38.3 Å². The van der Waals surface area contributed by atoms with Gasteiger partial charge in [-0.05, 0) is 55.4 Å². The lowest BCUT2D eigenvalue weighted by atomic mass is 10.0. The minimum atomic E-state index is -0.346. The van der Waals surface area contributed by atoms with Gasteiger partial charge in [0.1, 0.15) is 18.5 Å². The largest absolute Gasteiger partial charge is 0.343 e. The number of nitrogens with one attached hydrogen (secondary N) is 1. The van der Waals surface area contributed by atoms with Gasteiger partial charge in [-0.3, -0.25) is 19.9 Å². The predicted molar refractivity (Wildman–Crippen MR) is 118 cm³/mol. The summed E-state index contributed by atoms with van der Waals surface area (Å²) in [5, 5.41) is 3.61. The average molecular weight is 414 g/mol. The molecule has 0 aromatic heterocycles. The molecule has 1 N–H and O–H groups in total. The molecule has 30 heavy (non-hydrogen) atoms. The van der Waals surface area contributed by atoms with Gasteiger partial charge in [-0.1, -0.05) is 26.8 Å². The lowest BCUT2D eigenvalue weighted by Crippen LogP contribution is -2.66. The number of urea groups is 1. The van der Waals surface area contributed by atoms with Crippen molar-refractivity contribution in [2.45, 2.75) is 59.5 Å². The number of hydrogen-bond donors (Lipinski definition) is 1. The third-order valence-corrected chi connectivity index (χ3v) is 6.55. The zero-order valence-corrected chi connectivity index (χ0v) is 19.1. The quantitative estimate of drug-likeness (QED) is 0.822. The van der Waals surface area contributed by atoms with E-state index in [-0.39, 0.29) is 30.4 Å². The summed E-state index contributed by atoms with van der Waals surface area (Å²) in [6, 6.07) is 6.05. The van der Waals surface area contributed by atoms with Gasteiger partial charge in [-0.15, -0.1) is 0 Å². The Bertz CT molecular complexity index is 821. The highest BCUT2D eigenvalue weighted by Gasteiger charge is 2.56. The van der Waals surface area contributed by atoms with Crippen molar-refractivity contribution in [3.05, 3.63) is 29.3 Å². The first-order chi connectivity index (χ1) is 14.2. The van der Waals surface area contributed by atoms with Crippen LogP contribution in [0, 0.1) is 25.7 Å². The molecular formula is C23H35N5O2. The van der Waals surface area contributed by atoms with Crippen LogP contribution in [0.25, 0.3) is 0 Å². The molecule has 4 rings (SSSR count). The molecule has 1 aromatic rings. The van der Waals surface area contributed by atoms with E-state index in [1.807, 2.05) is 7.05 Å². The second kappa shape index (κ2) is 7.85. The molecular weight excluding hydrogens is 378 g/mol. The number of benzene rings is 1. The van der Waals surface area contributed by atoms with E-state index in [1.54, 1.807) is 4.90 Å². The molecule has 3 heterocycles. The first-order valence-corrected chi connectivity index (χ1v) is 11.1. The Balaban J connectivity index is 1.66. The molecule has 3 fully saturated rings. The number of anilines is 1. The van der Waals surface area contributed by atoms with Crippen LogP contribution >= 0.6 is 0 Å². The van der Waals surface area contributed by atoms with Crippen LogP contribution in [0.2, 0.25) is 0 Å². The van der Waals surface area contributed by atoms with Crippen molar-refractivity contribution in [2.75, 3.05) is 31.6 Å². The molecule has 4 atom stereocenters. The van der Waals surface area contributed by atoms with Gasteiger partial charge in [0.05, 0.1) is 0 Å². The van der Waals surface area contributed by atoms with E-state index >= 15 is 0 Å². The molecule has 0 radical (unpaired) electrons. The highest BCUT2D eigenvalue weighted by Crippen LogP contribution is 2.35. The third kappa shape index (κ3) is 3.58. The maximum Gasteiger partial charge on any atom is 0.327 e. The first kappa shape index (κ1) is 21.1. The van der Waals surface area contributed by atoms with E-state index in [0.717, 1.165) is 19.5 Å². The average Bonchev–Trinajstić information content (AvgIpc) is 3.04. The van der Waals surface area contributed by atoms with Gasteiger partial charge in [0.15, 0.2) is 0 Å². The number of carbonyl (C=O) groups excluding carboxylic acids is 2. The normalized spacial score (nSPS) is 29.6. The second-order valence-electron chi connectivity index (χ2n) is 9.80. The van der Waals surface area contributed by atoms with Crippen molar-refractivity contribution in [2.24, 2.45) is 11.8 Å². The van der Waals surface area contributed by atoms with E-state index in [0.29, 0.717) is 18.4 Å². The van der Waals surface area contributed by atoms with Gasteiger partial charge in [0, 0.05) is 32.4 Å². The van der Waals surface area contributed by atoms with Gasteiger partial charge in [0.2, 0.25) is 0 Å². The monoisotopic (exact) mass is 413 g/mol. The first-order valence-electron chi connectivity index (χ1n) is 11.1. The Hall–Kier alpha value is -2.12. The zero-order valence-electron chi connectivity index (χ0n) is 19.1. The Morgan fingerprint density at radius 2 is 1.77 bits per heavy atom. The minimum Gasteiger partial charge on any atom is -0.343 e. The molecule has 7 heteroatoms. The molecule has 3 aliphatic rings. The number of imide groups is 1. The van der Waals surface area contributed by atoms with Gasteiger partial charge in [0.25, 0.3) is 5.91 Å².